The van der Waals surface area contributed by atoms with Crippen molar-refractivity contribution in [1.82, 2.24) is 0 Å². The van der Waals surface area contributed by atoms with Gasteiger partial charge < -0.3 is 4.74 Å². The predicted octanol–water partition coefficient (Wildman–Crippen LogP) is 3.98. The molecular formula is C13H22O2. The van der Waals surface area contributed by atoms with Crippen molar-refractivity contribution in [2.75, 3.05) is 0 Å². The van der Waals surface area contributed by atoms with Gasteiger partial charge in [-0.05, 0) is 38.7 Å². The zero-order chi connectivity index (χ0) is 11.7. The first-order valence-corrected chi connectivity index (χ1v) is 5.60. The van der Waals surface area contributed by atoms with Crippen molar-refractivity contribution in [3.05, 3.63) is 23.5 Å². The van der Waals surface area contributed by atoms with Crippen molar-refractivity contribution < 1.29 is 9.53 Å². The molecule has 0 heterocycles. The molecule has 0 atom stereocenters. The first-order chi connectivity index (χ1) is 7.10. The monoisotopic (exact) mass is 210 g/mol. The van der Waals surface area contributed by atoms with E-state index in [1.165, 1.54) is 5.57 Å². The summed E-state index contributed by atoms with van der Waals surface area (Å²) in [5.41, 5.74) is 2.51. The molecule has 0 aliphatic heterocycles. The number of esters is 1. The maximum absolute atomic E-state index is 10.9. The number of rotatable bonds is 6. The summed E-state index contributed by atoms with van der Waals surface area (Å²) in [6, 6.07) is 0. The zero-order valence-electron chi connectivity index (χ0n) is 10.3. The Hall–Kier alpha value is -1.05. The fraction of sp³-hybridized carbons (Fsp3) is 0.615. The molecule has 2 heteroatoms. The molecule has 0 saturated carbocycles. The third kappa shape index (κ3) is 7.98. The van der Waals surface area contributed by atoms with Crippen LogP contribution in [0.4, 0.5) is 0 Å². The molecule has 0 aliphatic rings. The van der Waals surface area contributed by atoms with E-state index >= 15 is 0 Å². The highest BCUT2D eigenvalue weighted by molar-refractivity contribution is 5.69. The molecule has 0 unspecified atom stereocenters. The third-order valence-corrected chi connectivity index (χ3v) is 2.15. The van der Waals surface area contributed by atoms with Crippen molar-refractivity contribution in [2.45, 2.75) is 53.4 Å². The molecule has 0 aromatic carbocycles. The Morgan fingerprint density at radius 3 is 2.27 bits per heavy atom. The van der Waals surface area contributed by atoms with Gasteiger partial charge in [-0.1, -0.05) is 25.5 Å². The second kappa shape index (κ2) is 8.27. The van der Waals surface area contributed by atoms with E-state index in [0.29, 0.717) is 6.42 Å². The summed E-state index contributed by atoms with van der Waals surface area (Å²) in [5.74, 6) is -0.171. The Bertz CT molecular complexity index is 249. The average Bonchev–Trinajstić information content (AvgIpc) is 2.23. The van der Waals surface area contributed by atoms with Crippen LogP contribution in [-0.4, -0.2) is 5.97 Å². The minimum Gasteiger partial charge on any atom is -0.435 e. The van der Waals surface area contributed by atoms with Crippen LogP contribution in [0.15, 0.2) is 23.5 Å². The topological polar surface area (TPSA) is 26.3 Å². The molecule has 0 amide bonds. The summed E-state index contributed by atoms with van der Waals surface area (Å²) >= 11 is 0. The van der Waals surface area contributed by atoms with Crippen molar-refractivity contribution >= 4 is 5.97 Å². The van der Waals surface area contributed by atoms with Gasteiger partial charge in [0.1, 0.15) is 0 Å². The fourth-order valence-electron chi connectivity index (χ4n) is 1.15. The lowest BCUT2D eigenvalue weighted by Crippen LogP contribution is -1.96. The molecular weight excluding hydrogens is 188 g/mol. The molecule has 15 heavy (non-hydrogen) atoms. The highest BCUT2D eigenvalue weighted by Gasteiger charge is 1.97. The molecule has 0 saturated heterocycles. The van der Waals surface area contributed by atoms with Crippen LogP contribution in [0.2, 0.25) is 0 Å². The van der Waals surface area contributed by atoms with Crippen LogP contribution in [0, 0.1) is 0 Å². The molecule has 0 bridgehead atoms. The summed E-state index contributed by atoms with van der Waals surface area (Å²) < 4.78 is 4.92. The average molecular weight is 210 g/mol. The Kier molecular flexibility index (Phi) is 7.69. The van der Waals surface area contributed by atoms with Crippen molar-refractivity contribution in [1.29, 1.82) is 0 Å². The Morgan fingerprint density at radius 2 is 1.73 bits per heavy atom. The van der Waals surface area contributed by atoms with Crippen LogP contribution in [0.25, 0.3) is 0 Å². The SMILES string of the molecule is CC/C=C(\C)CC/C(C)=C/OC(=O)CC. The lowest BCUT2D eigenvalue weighted by atomic mass is 10.1. The largest absolute Gasteiger partial charge is 0.435 e. The summed E-state index contributed by atoms with van der Waals surface area (Å²) in [7, 11) is 0. The second-order valence-electron chi connectivity index (χ2n) is 3.77. The lowest BCUT2D eigenvalue weighted by molar-refractivity contribution is -0.137. The standard InChI is InChI=1S/C13H22O2/c1-5-7-11(3)8-9-12(4)10-15-13(14)6-2/h7,10H,5-6,8-9H2,1-4H3/b11-7+,12-10+. The zero-order valence-corrected chi connectivity index (χ0v) is 10.3. The van der Waals surface area contributed by atoms with E-state index in [0.717, 1.165) is 24.8 Å². The quantitative estimate of drug-likeness (QED) is 0.376. The van der Waals surface area contributed by atoms with Crippen LogP contribution in [0.1, 0.15) is 53.4 Å². The second-order valence-corrected chi connectivity index (χ2v) is 3.77. The molecule has 0 rings (SSSR count). The van der Waals surface area contributed by atoms with Gasteiger partial charge in [-0.25, -0.2) is 0 Å². The van der Waals surface area contributed by atoms with E-state index in [1.54, 1.807) is 13.2 Å². The van der Waals surface area contributed by atoms with E-state index < -0.39 is 0 Å². The van der Waals surface area contributed by atoms with Crippen LogP contribution in [0.3, 0.4) is 0 Å². The van der Waals surface area contributed by atoms with E-state index in [2.05, 4.69) is 19.9 Å². The minimum absolute atomic E-state index is 0.171. The van der Waals surface area contributed by atoms with Gasteiger partial charge in [0.15, 0.2) is 0 Å². The maximum atomic E-state index is 10.9. The summed E-state index contributed by atoms with van der Waals surface area (Å²) in [6.07, 6.45) is 7.31. The summed E-state index contributed by atoms with van der Waals surface area (Å²) in [6.45, 7) is 8.05. The van der Waals surface area contributed by atoms with E-state index in [-0.39, 0.29) is 5.97 Å². The van der Waals surface area contributed by atoms with Crippen molar-refractivity contribution in [3.8, 4) is 0 Å². The highest BCUT2D eigenvalue weighted by atomic mass is 16.5. The van der Waals surface area contributed by atoms with Crippen molar-refractivity contribution in [2.24, 2.45) is 0 Å². The fourth-order valence-corrected chi connectivity index (χ4v) is 1.15. The molecule has 0 aliphatic carbocycles. The lowest BCUT2D eigenvalue weighted by Gasteiger charge is -2.02. The minimum atomic E-state index is -0.171. The highest BCUT2D eigenvalue weighted by Crippen LogP contribution is 2.11. The van der Waals surface area contributed by atoms with Crippen LogP contribution in [0.5, 0.6) is 0 Å². The number of ether oxygens (including phenoxy) is 1. The van der Waals surface area contributed by atoms with Crippen LogP contribution in [-0.2, 0) is 9.53 Å². The Labute approximate surface area is 93.0 Å². The molecule has 86 valence electrons. The first kappa shape index (κ1) is 13.9. The first-order valence-electron chi connectivity index (χ1n) is 5.60. The maximum Gasteiger partial charge on any atom is 0.310 e. The van der Waals surface area contributed by atoms with E-state index in [4.69, 9.17) is 4.74 Å². The van der Waals surface area contributed by atoms with Crippen LogP contribution < -0.4 is 0 Å². The summed E-state index contributed by atoms with van der Waals surface area (Å²) in [4.78, 5) is 10.9. The molecule has 0 radical (unpaired) electrons. The smallest absolute Gasteiger partial charge is 0.310 e. The van der Waals surface area contributed by atoms with E-state index in [1.807, 2.05) is 6.92 Å². The number of carbonyl (C=O) groups is 1. The van der Waals surface area contributed by atoms with Gasteiger partial charge in [-0.2, -0.15) is 0 Å². The van der Waals surface area contributed by atoms with Gasteiger partial charge >= 0.3 is 5.97 Å². The molecule has 0 aromatic heterocycles. The number of allylic oxidation sites excluding steroid dienone is 3. The normalized spacial score (nSPS) is 12.8. The van der Waals surface area contributed by atoms with Gasteiger partial charge in [-0.3, -0.25) is 4.79 Å². The Morgan fingerprint density at radius 1 is 1.13 bits per heavy atom. The van der Waals surface area contributed by atoms with Gasteiger partial charge in [-0.15, -0.1) is 0 Å². The molecule has 0 N–H and O–H groups in total. The Balaban J connectivity index is 3.87. The number of carbonyl (C=O) groups excluding carboxylic acids is 1. The van der Waals surface area contributed by atoms with Gasteiger partial charge in [0.25, 0.3) is 0 Å². The number of hydrogen-bond acceptors (Lipinski definition) is 2. The predicted molar refractivity (Wildman–Crippen MR) is 63.4 cm³/mol. The van der Waals surface area contributed by atoms with Crippen LogP contribution >= 0.6 is 0 Å². The molecule has 0 spiro atoms. The van der Waals surface area contributed by atoms with E-state index in [9.17, 15) is 4.79 Å². The van der Waals surface area contributed by atoms with Crippen molar-refractivity contribution in [3.63, 3.8) is 0 Å². The molecule has 0 fully saturated rings. The number of hydrogen-bond donors (Lipinski definition) is 0. The van der Waals surface area contributed by atoms with Gasteiger partial charge in [0.2, 0.25) is 0 Å². The third-order valence-electron chi connectivity index (χ3n) is 2.15. The van der Waals surface area contributed by atoms with Gasteiger partial charge in [0.05, 0.1) is 6.26 Å². The molecule has 2 nitrogen and oxygen atoms in total. The summed E-state index contributed by atoms with van der Waals surface area (Å²) in [5, 5.41) is 0. The molecule has 0 aromatic rings. The van der Waals surface area contributed by atoms with Gasteiger partial charge in [0, 0.05) is 6.42 Å².